The van der Waals surface area contributed by atoms with Gasteiger partial charge in [0.15, 0.2) is 11.5 Å². The number of hydrogen-bond donors (Lipinski definition) is 1. The fourth-order valence-electron chi connectivity index (χ4n) is 8.41. The Labute approximate surface area is 307 Å². The maximum Gasteiger partial charge on any atom is 0.319 e. The Hall–Kier alpha value is -4.69. The van der Waals surface area contributed by atoms with Crippen molar-refractivity contribution in [2.75, 3.05) is 45.2 Å². The van der Waals surface area contributed by atoms with E-state index in [2.05, 4.69) is 15.0 Å². The van der Waals surface area contributed by atoms with Gasteiger partial charge in [-0.25, -0.2) is 17.6 Å². The van der Waals surface area contributed by atoms with Crippen molar-refractivity contribution in [3.05, 3.63) is 69.8 Å². The summed E-state index contributed by atoms with van der Waals surface area (Å²) in [6, 6.07) is 6.32. The predicted molar refractivity (Wildman–Crippen MR) is 193 cm³/mol. The number of phenolic OH excluding ortho intramolecular Hbond substituents is 1. The van der Waals surface area contributed by atoms with Crippen LogP contribution in [0.5, 0.6) is 11.8 Å². The number of phenols is 1. The van der Waals surface area contributed by atoms with Crippen molar-refractivity contribution in [2.24, 2.45) is 0 Å². The van der Waals surface area contributed by atoms with E-state index in [4.69, 9.17) is 21.3 Å². The van der Waals surface area contributed by atoms with Crippen LogP contribution in [-0.2, 0) is 19.5 Å². The second kappa shape index (κ2) is 13.3. The Morgan fingerprint density at radius 3 is 2.68 bits per heavy atom. The van der Waals surface area contributed by atoms with Crippen molar-refractivity contribution in [3.8, 4) is 22.9 Å². The topological polar surface area (TPSA) is 99.9 Å². The number of carbonyl (C=O) groups excluding carboxylic acids is 1. The number of hydrogen-bond acceptors (Lipinski definition) is 8. The quantitative estimate of drug-likeness (QED) is 0.177. The lowest BCUT2D eigenvalue weighted by molar-refractivity contribution is 0.0821. The standard InChI is InChI=1S/C38H38ClF4N7O3/c1-4-23-26(41)8-7-20-13-22(51)14-24(29(20)23)30-27(42)15-25-33(32(30)43)44-37(53-19-38-9-5-11-49(38)17-21(40)16-38)45-35(25)48-10-6-12-50-28(18-48)31(39)34(46-50)36(52)47(2)3/h7-8,13-15,21,51H,4-6,9-12,16-19H2,1-3H3/t21-,38+/m1/s1. The molecule has 2 aromatic heterocycles. The number of amides is 1. The van der Waals surface area contributed by atoms with Gasteiger partial charge in [0, 0.05) is 45.5 Å². The van der Waals surface area contributed by atoms with Crippen molar-refractivity contribution in [3.63, 3.8) is 0 Å². The van der Waals surface area contributed by atoms with Crippen LogP contribution in [0.2, 0.25) is 5.02 Å². The summed E-state index contributed by atoms with van der Waals surface area (Å²) in [6.07, 6.45) is 1.66. The molecule has 0 saturated carbocycles. The lowest BCUT2D eigenvalue weighted by Crippen LogP contribution is -2.43. The Balaban J connectivity index is 1.30. The largest absolute Gasteiger partial charge is 0.508 e. The zero-order valence-corrected chi connectivity index (χ0v) is 30.3. The second-order valence-corrected chi connectivity index (χ2v) is 14.8. The van der Waals surface area contributed by atoms with Gasteiger partial charge in [-0.15, -0.1) is 0 Å². The molecule has 3 aliphatic heterocycles. The smallest absolute Gasteiger partial charge is 0.319 e. The Bertz CT molecular complexity index is 2300. The summed E-state index contributed by atoms with van der Waals surface area (Å²) in [5.41, 5.74) is -0.455. The summed E-state index contributed by atoms with van der Waals surface area (Å²) < 4.78 is 71.4. The van der Waals surface area contributed by atoms with Crippen LogP contribution >= 0.6 is 11.6 Å². The first-order valence-corrected chi connectivity index (χ1v) is 18.1. The van der Waals surface area contributed by atoms with Crippen LogP contribution < -0.4 is 9.64 Å². The SMILES string of the molecule is CCc1c(F)ccc2cc(O)cc(-c3c(F)cc4c(N5CCCn6nc(C(=O)N(C)C)c(Cl)c6C5)nc(OC[C@@]56CCCN5C[C@H](F)C6)nc4c3F)c12. The highest BCUT2D eigenvalue weighted by Crippen LogP contribution is 2.44. The molecule has 53 heavy (non-hydrogen) atoms. The number of aryl methyl sites for hydroxylation is 2. The number of fused-ring (bicyclic) bond motifs is 4. The van der Waals surface area contributed by atoms with Crippen LogP contribution in [0.3, 0.4) is 0 Å². The van der Waals surface area contributed by atoms with Crippen molar-refractivity contribution >= 4 is 45.0 Å². The fourth-order valence-corrected chi connectivity index (χ4v) is 8.69. The lowest BCUT2D eigenvalue weighted by atomic mass is 9.91. The molecule has 1 N–H and O–H groups in total. The number of anilines is 1. The molecule has 5 heterocycles. The van der Waals surface area contributed by atoms with E-state index >= 15 is 13.2 Å². The fraction of sp³-hybridized carbons (Fsp3) is 0.421. The van der Waals surface area contributed by atoms with Crippen LogP contribution in [0.1, 0.15) is 54.4 Å². The lowest BCUT2D eigenvalue weighted by Gasteiger charge is -2.31. The second-order valence-electron chi connectivity index (χ2n) is 14.4. The average Bonchev–Trinajstić information content (AvgIpc) is 3.69. The third-order valence-corrected chi connectivity index (χ3v) is 11.3. The molecule has 0 spiro atoms. The summed E-state index contributed by atoms with van der Waals surface area (Å²) in [5, 5.41) is 16.0. The molecular formula is C38H38ClF4N7O3. The molecule has 0 bridgehead atoms. The number of carbonyl (C=O) groups is 1. The Kier molecular flexibility index (Phi) is 8.88. The first-order valence-electron chi connectivity index (χ1n) is 17.8. The number of benzene rings is 3. The van der Waals surface area contributed by atoms with E-state index in [9.17, 15) is 14.3 Å². The number of aromatic hydroxyl groups is 1. The summed E-state index contributed by atoms with van der Waals surface area (Å²) in [4.78, 5) is 27.4. The van der Waals surface area contributed by atoms with Crippen molar-refractivity contribution < 1.29 is 32.2 Å². The van der Waals surface area contributed by atoms with Crippen molar-refractivity contribution in [1.29, 1.82) is 0 Å². The van der Waals surface area contributed by atoms with Gasteiger partial charge in [0.05, 0.1) is 28.4 Å². The van der Waals surface area contributed by atoms with Gasteiger partial charge >= 0.3 is 6.01 Å². The van der Waals surface area contributed by atoms with Gasteiger partial charge in [-0.05, 0) is 78.4 Å². The van der Waals surface area contributed by atoms with E-state index in [0.29, 0.717) is 43.6 Å². The molecule has 0 unspecified atom stereocenters. The summed E-state index contributed by atoms with van der Waals surface area (Å²) in [5.74, 6) is -3.00. The van der Waals surface area contributed by atoms with Crippen molar-refractivity contribution in [1.82, 2.24) is 29.5 Å². The van der Waals surface area contributed by atoms with Gasteiger partial charge in [0.2, 0.25) is 0 Å². The van der Waals surface area contributed by atoms with Crippen LogP contribution in [-0.4, -0.2) is 92.6 Å². The number of halogens is 5. The zero-order valence-electron chi connectivity index (χ0n) is 29.5. The van der Waals surface area contributed by atoms with Crippen LogP contribution in [0.4, 0.5) is 23.4 Å². The molecule has 2 saturated heterocycles. The maximum absolute atomic E-state index is 17.2. The monoisotopic (exact) mass is 751 g/mol. The van der Waals surface area contributed by atoms with E-state index < -0.39 is 34.7 Å². The average molecular weight is 752 g/mol. The molecule has 2 atom stereocenters. The molecule has 8 rings (SSSR count). The van der Waals surface area contributed by atoms with Gasteiger partial charge in [0.1, 0.15) is 41.5 Å². The Morgan fingerprint density at radius 2 is 1.91 bits per heavy atom. The first kappa shape index (κ1) is 35.3. The van der Waals surface area contributed by atoms with Gasteiger partial charge in [-0.3, -0.25) is 14.4 Å². The molecule has 5 aromatic rings. The van der Waals surface area contributed by atoms with Gasteiger partial charge < -0.3 is 19.6 Å². The van der Waals surface area contributed by atoms with Crippen LogP contribution in [0.15, 0.2) is 30.3 Å². The molecule has 3 aliphatic rings. The maximum atomic E-state index is 17.2. The molecule has 0 radical (unpaired) electrons. The van der Waals surface area contributed by atoms with Crippen LogP contribution in [0, 0.1) is 17.5 Å². The van der Waals surface area contributed by atoms with E-state index in [1.165, 1.54) is 29.2 Å². The third kappa shape index (κ3) is 5.90. The highest BCUT2D eigenvalue weighted by atomic mass is 35.5. The molecule has 10 nitrogen and oxygen atoms in total. The van der Waals surface area contributed by atoms with E-state index in [-0.39, 0.29) is 81.2 Å². The number of nitrogens with zero attached hydrogens (tertiary/aromatic N) is 7. The molecule has 0 aliphatic carbocycles. The van der Waals surface area contributed by atoms with Gasteiger partial charge in [-0.2, -0.15) is 15.1 Å². The minimum atomic E-state index is -1.05. The number of ether oxygens (including phenoxy) is 1. The summed E-state index contributed by atoms with van der Waals surface area (Å²) >= 11 is 6.76. The molecular weight excluding hydrogens is 714 g/mol. The third-order valence-electron chi connectivity index (χ3n) is 10.9. The minimum absolute atomic E-state index is 0.0279. The van der Waals surface area contributed by atoms with E-state index in [1.807, 2.05) is 0 Å². The summed E-state index contributed by atoms with van der Waals surface area (Å²) in [7, 11) is 3.20. The molecule has 3 aromatic carbocycles. The highest BCUT2D eigenvalue weighted by molar-refractivity contribution is 6.34. The molecule has 15 heteroatoms. The Morgan fingerprint density at radius 1 is 1.09 bits per heavy atom. The van der Waals surface area contributed by atoms with Gasteiger partial charge in [-0.1, -0.05) is 24.6 Å². The highest BCUT2D eigenvalue weighted by Gasteiger charge is 2.49. The van der Waals surface area contributed by atoms with E-state index in [1.54, 1.807) is 30.6 Å². The first-order chi connectivity index (χ1) is 25.4. The molecule has 278 valence electrons. The van der Waals surface area contributed by atoms with Gasteiger partial charge in [0.25, 0.3) is 5.91 Å². The number of rotatable bonds is 7. The normalized spacial score (nSPS) is 20.2. The van der Waals surface area contributed by atoms with Crippen molar-refractivity contribution in [2.45, 2.75) is 63.8 Å². The number of aromatic nitrogens is 4. The number of alkyl halides is 1. The van der Waals surface area contributed by atoms with Crippen LogP contribution in [0.25, 0.3) is 32.8 Å². The zero-order chi connectivity index (χ0) is 37.3. The minimum Gasteiger partial charge on any atom is -0.508 e. The molecule has 1 amide bonds. The van der Waals surface area contributed by atoms with E-state index in [0.717, 1.165) is 25.5 Å². The summed E-state index contributed by atoms with van der Waals surface area (Å²) in [6.45, 7) is 3.76. The predicted octanol–water partition coefficient (Wildman–Crippen LogP) is 7.05. The molecule has 2 fully saturated rings.